The second-order valence-corrected chi connectivity index (χ2v) is 8.53. The predicted molar refractivity (Wildman–Crippen MR) is 115 cm³/mol. The number of nitrogens with zero attached hydrogens (tertiary/aromatic N) is 1. The van der Waals surface area contributed by atoms with E-state index in [1.807, 2.05) is 0 Å². The van der Waals surface area contributed by atoms with Gasteiger partial charge in [0.25, 0.3) is 0 Å². The molecule has 0 radical (unpaired) electrons. The summed E-state index contributed by atoms with van der Waals surface area (Å²) >= 11 is 3.74. The summed E-state index contributed by atoms with van der Waals surface area (Å²) in [6, 6.07) is 28.1. The number of hydrogen-bond donors (Lipinski definition) is 0. The van der Waals surface area contributed by atoms with Crippen molar-refractivity contribution < 1.29 is 0 Å². The van der Waals surface area contributed by atoms with Gasteiger partial charge in [0.2, 0.25) is 0 Å². The Bertz CT molecular complexity index is 1080. The average molecular weight is 404 g/mol. The highest BCUT2D eigenvalue weighted by atomic mass is 79.9. The van der Waals surface area contributed by atoms with Gasteiger partial charge in [-0.1, -0.05) is 91.3 Å². The van der Waals surface area contributed by atoms with Gasteiger partial charge in [-0.3, -0.25) is 0 Å². The van der Waals surface area contributed by atoms with Crippen LogP contribution < -0.4 is 0 Å². The predicted octanol–water partition coefficient (Wildman–Crippen LogP) is 7.36. The van der Waals surface area contributed by atoms with E-state index >= 15 is 0 Å². The number of aromatic nitrogens is 1. The first-order valence-electron chi connectivity index (χ1n) is 8.92. The molecule has 0 aliphatic heterocycles. The molecule has 0 N–H and O–H groups in total. The molecular formula is C24H22BrN. The third-order valence-electron chi connectivity index (χ3n) is 4.81. The first-order chi connectivity index (χ1) is 12.5. The zero-order valence-corrected chi connectivity index (χ0v) is 16.9. The minimum Gasteiger partial charge on any atom is -0.309 e. The smallest absolute Gasteiger partial charge is 0.0552 e. The van der Waals surface area contributed by atoms with Gasteiger partial charge < -0.3 is 4.57 Å². The summed E-state index contributed by atoms with van der Waals surface area (Å²) in [6.45, 7) is 6.82. The summed E-state index contributed by atoms with van der Waals surface area (Å²) in [5.74, 6) is 0. The lowest BCUT2D eigenvalue weighted by Crippen LogP contribution is -2.15. The second kappa shape index (κ2) is 6.44. The van der Waals surface area contributed by atoms with E-state index in [2.05, 4.69) is 120 Å². The quantitative estimate of drug-likeness (QED) is 0.329. The van der Waals surface area contributed by atoms with E-state index in [1.165, 1.54) is 33.4 Å². The van der Waals surface area contributed by atoms with E-state index in [0.29, 0.717) is 0 Å². The highest BCUT2D eigenvalue weighted by Gasteiger charge is 2.22. The summed E-state index contributed by atoms with van der Waals surface area (Å²) in [5.41, 5.74) is 6.28. The number of benzene rings is 3. The van der Waals surface area contributed by atoms with Crippen LogP contribution in [0.3, 0.4) is 0 Å². The van der Waals surface area contributed by atoms with Gasteiger partial charge >= 0.3 is 0 Å². The number of halogens is 1. The van der Waals surface area contributed by atoms with Crippen molar-refractivity contribution in [2.75, 3.05) is 0 Å². The molecule has 4 rings (SSSR count). The number of fused-ring (bicyclic) bond motifs is 1. The molecule has 0 aliphatic rings. The Morgan fingerprint density at radius 2 is 1.42 bits per heavy atom. The number of rotatable bonds is 2. The van der Waals surface area contributed by atoms with E-state index < -0.39 is 0 Å². The summed E-state index contributed by atoms with van der Waals surface area (Å²) in [7, 11) is 0. The molecule has 0 atom stereocenters. The first kappa shape index (κ1) is 17.1. The Hall–Kier alpha value is -2.32. The van der Waals surface area contributed by atoms with Crippen molar-refractivity contribution in [3.63, 3.8) is 0 Å². The lowest BCUT2D eigenvalue weighted by atomic mass is 9.85. The van der Waals surface area contributed by atoms with Gasteiger partial charge in [0.15, 0.2) is 0 Å². The molecule has 4 aromatic rings. The van der Waals surface area contributed by atoms with Crippen LogP contribution in [0.25, 0.3) is 27.8 Å². The Labute approximate surface area is 163 Å². The molecule has 0 spiro atoms. The maximum atomic E-state index is 3.74. The molecule has 2 heteroatoms. The van der Waals surface area contributed by atoms with Gasteiger partial charge in [-0.05, 0) is 35.2 Å². The Morgan fingerprint density at radius 1 is 0.769 bits per heavy atom. The van der Waals surface area contributed by atoms with Gasteiger partial charge in [-0.25, -0.2) is 0 Å². The van der Waals surface area contributed by atoms with Crippen molar-refractivity contribution in [2.24, 2.45) is 0 Å². The molecule has 1 heterocycles. The van der Waals surface area contributed by atoms with Crippen LogP contribution in [0.1, 0.15) is 26.3 Å². The van der Waals surface area contributed by atoms with Gasteiger partial charge in [0, 0.05) is 21.1 Å². The molecule has 1 aromatic heterocycles. The van der Waals surface area contributed by atoms with Crippen LogP contribution in [-0.4, -0.2) is 4.57 Å². The standard InChI is InChI=1S/C24H22BrN/c1-24(2,3)19-12-6-9-15-22(19)26-21-14-8-4-10-17(21)16-23(26)18-11-5-7-13-20(18)25/h4-16H,1-3H3. The largest absolute Gasteiger partial charge is 0.309 e. The summed E-state index contributed by atoms with van der Waals surface area (Å²) in [5, 5.41) is 1.25. The molecule has 1 nitrogen and oxygen atoms in total. The van der Waals surface area contributed by atoms with Crippen LogP contribution in [0.4, 0.5) is 0 Å². The highest BCUT2D eigenvalue weighted by molar-refractivity contribution is 9.10. The van der Waals surface area contributed by atoms with Gasteiger partial charge in [-0.2, -0.15) is 0 Å². The molecule has 130 valence electrons. The van der Waals surface area contributed by atoms with Crippen LogP contribution in [0.2, 0.25) is 0 Å². The average Bonchev–Trinajstić information content (AvgIpc) is 3.00. The summed E-state index contributed by atoms with van der Waals surface area (Å²) < 4.78 is 3.51. The molecule has 3 aromatic carbocycles. The number of para-hydroxylation sites is 2. The van der Waals surface area contributed by atoms with Crippen LogP contribution in [0.5, 0.6) is 0 Å². The lowest BCUT2D eigenvalue weighted by molar-refractivity contribution is 0.587. The molecule has 0 bridgehead atoms. The van der Waals surface area contributed by atoms with Crippen molar-refractivity contribution >= 4 is 26.8 Å². The molecular weight excluding hydrogens is 382 g/mol. The molecule has 0 saturated heterocycles. The van der Waals surface area contributed by atoms with Crippen LogP contribution in [-0.2, 0) is 5.41 Å². The summed E-state index contributed by atoms with van der Waals surface area (Å²) in [4.78, 5) is 0. The zero-order valence-electron chi connectivity index (χ0n) is 15.3. The van der Waals surface area contributed by atoms with Crippen molar-refractivity contribution in [1.29, 1.82) is 0 Å². The zero-order chi connectivity index (χ0) is 18.3. The number of hydrogen-bond acceptors (Lipinski definition) is 0. The SMILES string of the molecule is CC(C)(C)c1ccccc1-n1c(-c2ccccc2Br)cc2ccccc21. The van der Waals surface area contributed by atoms with Crippen molar-refractivity contribution in [3.8, 4) is 16.9 Å². The summed E-state index contributed by atoms with van der Waals surface area (Å²) in [6.07, 6.45) is 0. The fraction of sp³-hybridized carbons (Fsp3) is 0.167. The maximum absolute atomic E-state index is 3.74. The Balaban J connectivity index is 2.11. The van der Waals surface area contributed by atoms with E-state index in [1.54, 1.807) is 0 Å². The van der Waals surface area contributed by atoms with Crippen LogP contribution in [0, 0.1) is 0 Å². The van der Waals surface area contributed by atoms with Gasteiger partial charge in [0.05, 0.1) is 11.2 Å². The third kappa shape index (κ3) is 2.89. The minimum absolute atomic E-state index is 0.0627. The highest BCUT2D eigenvalue weighted by Crippen LogP contribution is 2.38. The van der Waals surface area contributed by atoms with Crippen molar-refractivity contribution in [3.05, 3.63) is 88.9 Å². The Morgan fingerprint density at radius 3 is 2.19 bits per heavy atom. The van der Waals surface area contributed by atoms with Crippen LogP contribution in [0.15, 0.2) is 83.3 Å². The van der Waals surface area contributed by atoms with Crippen LogP contribution >= 0.6 is 15.9 Å². The fourth-order valence-corrected chi connectivity index (χ4v) is 4.07. The monoisotopic (exact) mass is 403 g/mol. The Kier molecular flexibility index (Phi) is 4.24. The van der Waals surface area contributed by atoms with Crippen molar-refractivity contribution in [1.82, 2.24) is 4.57 Å². The molecule has 0 aliphatic carbocycles. The molecule has 0 fully saturated rings. The van der Waals surface area contributed by atoms with E-state index in [9.17, 15) is 0 Å². The molecule has 0 unspecified atom stereocenters. The topological polar surface area (TPSA) is 4.93 Å². The normalized spacial score (nSPS) is 11.8. The molecule has 0 saturated carbocycles. The van der Waals surface area contributed by atoms with Crippen molar-refractivity contribution in [2.45, 2.75) is 26.2 Å². The maximum Gasteiger partial charge on any atom is 0.0552 e. The molecule has 26 heavy (non-hydrogen) atoms. The van der Waals surface area contributed by atoms with E-state index in [4.69, 9.17) is 0 Å². The lowest BCUT2D eigenvalue weighted by Gasteiger charge is -2.25. The molecule has 0 amide bonds. The third-order valence-corrected chi connectivity index (χ3v) is 5.51. The fourth-order valence-electron chi connectivity index (χ4n) is 3.58. The van der Waals surface area contributed by atoms with Gasteiger partial charge in [-0.15, -0.1) is 0 Å². The first-order valence-corrected chi connectivity index (χ1v) is 9.71. The second-order valence-electron chi connectivity index (χ2n) is 7.67. The van der Waals surface area contributed by atoms with E-state index in [-0.39, 0.29) is 5.41 Å². The van der Waals surface area contributed by atoms with Gasteiger partial charge in [0.1, 0.15) is 0 Å². The van der Waals surface area contributed by atoms with E-state index in [0.717, 1.165) is 4.47 Å². The minimum atomic E-state index is 0.0627.